The second kappa shape index (κ2) is 6.98. The fourth-order valence-electron chi connectivity index (χ4n) is 3.16. The maximum absolute atomic E-state index is 12.7. The zero-order valence-electron chi connectivity index (χ0n) is 14.4. The summed E-state index contributed by atoms with van der Waals surface area (Å²) in [6.45, 7) is 1.09. The van der Waals surface area contributed by atoms with Gasteiger partial charge < -0.3 is 14.7 Å². The number of carboxylic acid groups (broad SMARTS) is 1. The van der Waals surface area contributed by atoms with E-state index in [4.69, 9.17) is 4.74 Å². The number of hydrogen-bond donors (Lipinski definition) is 1. The minimum absolute atomic E-state index is 0.0674. The SMILES string of the molecule is C[C@@H]1Cc2nn3c(c2CN1C(=O)O)C(=O)N(C)N=C(COCC(F)F)C3. The molecule has 0 radical (unpaired) electrons. The van der Waals surface area contributed by atoms with Crippen LogP contribution in [0.4, 0.5) is 13.6 Å². The van der Waals surface area contributed by atoms with Gasteiger partial charge in [-0.15, -0.1) is 0 Å². The summed E-state index contributed by atoms with van der Waals surface area (Å²) in [5, 5.41) is 19.0. The predicted molar refractivity (Wildman–Crippen MR) is 85.3 cm³/mol. The summed E-state index contributed by atoms with van der Waals surface area (Å²) in [6, 6.07) is -0.255. The Kier molecular flexibility index (Phi) is 4.90. The normalized spacial score (nSPS) is 20.0. The van der Waals surface area contributed by atoms with E-state index >= 15 is 0 Å². The molecule has 0 saturated heterocycles. The van der Waals surface area contributed by atoms with Crippen LogP contribution in [0.5, 0.6) is 0 Å². The first-order chi connectivity index (χ1) is 12.3. The van der Waals surface area contributed by atoms with Gasteiger partial charge in [0, 0.05) is 25.1 Å². The first-order valence-electron chi connectivity index (χ1n) is 8.06. The van der Waals surface area contributed by atoms with Gasteiger partial charge in [0.05, 0.1) is 31.1 Å². The van der Waals surface area contributed by atoms with Gasteiger partial charge in [-0.1, -0.05) is 0 Å². The number of carbonyl (C=O) groups is 2. The summed E-state index contributed by atoms with van der Waals surface area (Å²) < 4.78 is 30.8. The van der Waals surface area contributed by atoms with Crippen molar-refractivity contribution in [1.29, 1.82) is 0 Å². The van der Waals surface area contributed by atoms with Crippen LogP contribution in [0.3, 0.4) is 0 Å². The summed E-state index contributed by atoms with van der Waals surface area (Å²) in [4.78, 5) is 25.4. The van der Waals surface area contributed by atoms with Crippen LogP contribution in [-0.2, 0) is 24.2 Å². The summed E-state index contributed by atoms with van der Waals surface area (Å²) in [5.74, 6) is -0.428. The number of hydrazone groups is 1. The highest BCUT2D eigenvalue weighted by atomic mass is 19.3. The Labute approximate surface area is 147 Å². The van der Waals surface area contributed by atoms with E-state index in [-0.39, 0.29) is 31.4 Å². The molecule has 2 aliphatic heterocycles. The minimum atomic E-state index is -2.59. The Balaban J connectivity index is 1.89. The fourth-order valence-corrected chi connectivity index (χ4v) is 3.16. The molecule has 0 bridgehead atoms. The third kappa shape index (κ3) is 3.39. The van der Waals surface area contributed by atoms with Crippen LogP contribution in [0.1, 0.15) is 28.7 Å². The van der Waals surface area contributed by atoms with Crippen molar-refractivity contribution >= 4 is 17.7 Å². The van der Waals surface area contributed by atoms with Gasteiger partial charge in [0.25, 0.3) is 12.3 Å². The molecule has 0 aromatic carbocycles. The molecular weight excluding hydrogens is 352 g/mol. The Morgan fingerprint density at radius 1 is 1.42 bits per heavy atom. The van der Waals surface area contributed by atoms with Gasteiger partial charge in [0.1, 0.15) is 12.3 Å². The van der Waals surface area contributed by atoms with Crippen molar-refractivity contribution in [3.05, 3.63) is 17.0 Å². The van der Waals surface area contributed by atoms with Crippen molar-refractivity contribution in [2.45, 2.75) is 38.9 Å². The second-order valence-corrected chi connectivity index (χ2v) is 6.30. The van der Waals surface area contributed by atoms with E-state index in [2.05, 4.69) is 10.2 Å². The second-order valence-electron chi connectivity index (χ2n) is 6.30. The van der Waals surface area contributed by atoms with Crippen molar-refractivity contribution < 1.29 is 28.2 Å². The largest absolute Gasteiger partial charge is 0.465 e. The number of aromatic nitrogens is 2. The Morgan fingerprint density at radius 2 is 2.15 bits per heavy atom. The molecule has 2 amide bonds. The maximum atomic E-state index is 12.7. The number of halogens is 2. The van der Waals surface area contributed by atoms with Crippen molar-refractivity contribution in [3.8, 4) is 0 Å². The molecule has 3 rings (SSSR count). The summed E-state index contributed by atoms with van der Waals surface area (Å²) in [6.07, 6.45) is -3.25. The molecule has 0 aliphatic carbocycles. The van der Waals surface area contributed by atoms with Crippen LogP contribution < -0.4 is 0 Å². The lowest BCUT2D eigenvalue weighted by Crippen LogP contribution is -2.42. The third-order valence-electron chi connectivity index (χ3n) is 4.36. The number of alkyl halides is 2. The van der Waals surface area contributed by atoms with Crippen molar-refractivity contribution in [2.75, 3.05) is 20.3 Å². The molecule has 0 spiro atoms. The van der Waals surface area contributed by atoms with E-state index < -0.39 is 25.0 Å². The zero-order chi connectivity index (χ0) is 19.0. The molecule has 1 aromatic rings. The molecule has 9 nitrogen and oxygen atoms in total. The standard InChI is InChI=1S/C15H19F2N5O4/c1-8-3-11-10(5-21(8)15(24)25)13-14(23)20(2)18-9(4-22(13)19-11)6-26-7-12(16)17/h8,12H,3-7H2,1-2H3,(H,24,25)/t8-/m1/s1. The monoisotopic (exact) mass is 371 g/mol. The van der Waals surface area contributed by atoms with Crippen LogP contribution in [0, 0.1) is 0 Å². The number of hydrogen-bond acceptors (Lipinski definition) is 5. The first kappa shape index (κ1) is 18.2. The van der Waals surface area contributed by atoms with Crippen molar-refractivity contribution in [1.82, 2.24) is 19.7 Å². The molecular formula is C15H19F2N5O4. The minimum Gasteiger partial charge on any atom is -0.465 e. The first-order valence-corrected chi connectivity index (χ1v) is 8.06. The van der Waals surface area contributed by atoms with Crippen LogP contribution in [-0.4, -0.2) is 75.2 Å². The highest BCUT2D eigenvalue weighted by molar-refractivity contribution is 5.98. The topological polar surface area (TPSA) is 100 Å². The van der Waals surface area contributed by atoms with Gasteiger partial charge in [-0.2, -0.15) is 10.2 Å². The summed E-state index contributed by atoms with van der Waals surface area (Å²) in [5.41, 5.74) is 1.88. The van der Waals surface area contributed by atoms with Crippen LogP contribution in [0.15, 0.2) is 5.10 Å². The lowest BCUT2D eigenvalue weighted by Gasteiger charge is -2.30. The Hall–Kier alpha value is -2.56. The number of rotatable bonds is 4. The Morgan fingerprint density at radius 3 is 2.81 bits per heavy atom. The van der Waals surface area contributed by atoms with Crippen molar-refractivity contribution in [3.63, 3.8) is 0 Å². The third-order valence-corrected chi connectivity index (χ3v) is 4.36. The molecule has 26 heavy (non-hydrogen) atoms. The number of nitrogens with zero attached hydrogens (tertiary/aromatic N) is 5. The lowest BCUT2D eigenvalue weighted by molar-refractivity contribution is 0.0316. The molecule has 3 heterocycles. The number of amides is 2. The summed E-state index contributed by atoms with van der Waals surface area (Å²) in [7, 11) is 1.45. The molecule has 142 valence electrons. The maximum Gasteiger partial charge on any atom is 0.407 e. The van der Waals surface area contributed by atoms with Gasteiger partial charge in [0.2, 0.25) is 0 Å². The quantitative estimate of drug-likeness (QED) is 0.852. The van der Waals surface area contributed by atoms with Gasteiger partial charge in [0.15, 0.2) is 0 Å². The average molecular weight is 371 g/mol. The van der Waals surface area contributed by atoms with Crippen LogP contribution >= 0.6 is 0 Å². The van der Waals surface area contributed by atoms with Crippen LogP contribution in [0.25, 0.3) is 0 Å². The molecule has 1 atom stereocenters. The highest BCUT2D eigenvalue weighted by Crippen LogP contribution is 2.27. The number of ether oxygens (including phenoxy) is 1. The predicted octanol–water partition coefficient (Wildman–Crippen LogP) is 1.03. The average Bonchev–Trinajstić information content (AvgIpc) is 2.83. The van der Waals surface area contributed by atoms with Gasteiger partial charge in [-0.3, -0.25) is 9.48 Å². The van der Waals surface area contributed by atoms with Gasteiger partial charge in [-0.25, -0.2) is 18.6 Å². The molecule has 0 unspecified atom stereocenters. The van der Waals surface area contributed by atoms with Gasteiger partial charge >= 0.3 is 6.09 Å². The van der Waals surface area contributed by atoms with E-state index in [1.54, 1.807) is 6.92 Å². The van der Waals surface area contributed by atoms with E-state index in [1.807, 2.05) is 0 Å². The lowest BCUT2D eigenvalue weighted by atomic mass is 10.00. The zero-order valence-corrected chi connectivity index (χ0v) is 14.4. The highest BCUT2D eigenvalue weighted by Gasteiger charge is 2.36. The van der Waals surface area contributed by atoms with E-state index in [9.17, 15) is 23.5 Å². The molecule has 1 aromatic heterocycles. The molecule has 2 aliphatic rings. The molecule has 11 heteroatoms. The summed E-state index contributed by atoms with van der Waals surface area (Å²) >= 11 is 0. The van der Waals surface area contributed by atoms with E-state index in [0.717, 1.165) is 5.01 Å². The Bertz CT molecular complexity index is 763. The number of fused-ring (bicyclic) bond motifs is 3. The van der Waals surface area contributed by atoms with Crippen LogP contribution in [0.2, 0.25) is 0 Å². The molecule has 0 saturated carbocycles. The fraction of sp³-hybridized carbons (Fsp3) is 0.600. The number of carbonyl (C=O) groups excluding carboxylic acids is 1. The molecule has 1 N–H and O–H groups in total. The smallest absolute Gasteiger partial charge is 0.407 e. The van der Waals surface area contributed by atoms with Crippen molar-refractivity contribution in [2.24, 2.45) is 5.10 Å². The van der Waals surface area contributed by atoms with E-state index in [1.165, 1.54) is 16.6 Å². The molecule has 0 fully saturated rings. The van der Waals surface area contributed by atoms with Gasteiger partial charge in [-0.05, 0) is 6.92 Å². The van der Waals surface area contributed by atoms with E-state index in [0.29, 0.717) is 23.4 Å².